The van der Waals surface area contributed by atoms with Crippen LogP contribution in [-0.4, -0.2) is 18.6 Å². The molecule has 2 rings (SSSR count). The number of sulfonamides is 1. The number of rotatable bonds is 5. The number of aromatic amines is 1. The summed E-state index contributed by atoms with van der Waals surface area (Å²) in [5.74, 6) is 0. The summed E-state index contributed by atoms with van der Waals surface area (Å²) in [5, 5.41) is 6.66. The minimum atomic E-state index is -3.58. The molecule has 0 amide bonds. The van der Waals surface area contributed by atoms with E-state index in [1.807, 2.05) is 19.9 Å². The van der Waals surface area contributed by atoms with Gasteiger partial charge in [-0.1, -0.05) is 6.07 Å². The van der Waals surface area contributed by atoms with Gasteiger partial charge in [0.05, 0.1) is 11.1 Å². The molecule has 1 aromatic carbocycles. The Morgan fingerprint density at radius 2 is 1.90 bits per heavy atom. The van der Waals surface area contributed by atoms with Crippen molar-refractivity contribution >= 4 is 10.0 Å². The van der Waals surface area contributed by atoms with Gasteiger partial charge in [-0.25, -0.2) is 13.1 Å². The van der Waals surface area contributed by atoms with Crippen molar-refractivity contribution in [2.75, 3.05) is 0 Å². The third-order valence-corrected chi connectivity index (χ3v) is 5.07. The van der Waals surface area contributed by atoms with Gasteiger partial charge in [0.2, 0.25) is 10.0 Å². The summed E-state index contributed by atoms with van der Waals surface area (Å²) in [4.78, 5) is 0.273. The largest absolute Gasteiger partial charge is 0.326 e. The first-order chi connectivity index (χ1) is 9.85. The summed E-state index contributed by atoms with van der Waals surface area (Å²) in [6.45, 7) is 6.07. The fourth-order valence-corrected chi connectivity index (χ4v) is 3.47. The topological polar surface area (TPSA) is 101 Å². The Bertz CT molecular complexity index is 750. The van der Waals surface area contributed by atoms with E-state index in [1.54, 1.807) is 19.2 Å². The second-order valence-electron chi connectivity index (χ2n) is 5.09. The minimum absolute atomic E-state index is 0.204. The van der Waals surface area contributed by atoms with E-state index in [4.69, 9.17) is 5.73 Å². The maximum atomic E-state index is 12.5. The highest BCUT2D eigenvalue weighted by molar-refractivity contribution is 7.89. The number of nitrogens with one attached hydrogen (secondary N) is 2. The van der Waals surface area contributed by atoms with Gasteiger partial charge in [0.1, 0.15) is 0 Å². The molecule has 1 aromatic heterocycles. The molecule has 6 nitrogen and oxygen atoms in total. The monoisotopic (exact) mass is 308 g/mol. The van der Waals surface area contributed by atoms with Crippen LogP contribution in [0, 0.1) is 20.8 Å². The average Bonchev–Trinajstić information content (AvgIpc) is 2.82. The Morgan fingerprint density at radius 3 is 2.48 bits per heavy atom. The van der Waals surface area contributed by atoms with Crippen LogP contribution in [0.25, 0.3) is 0 Å². The van der Waals surface area contributed by atoms with Crippen molar-refractivity contribution in [2.24, 2.45) is 5.73 Å². The number of hydrogen-bond acceptors (Lipinski definition) is 4. The molecule has 21 heavy (non-hydrogen) atoms. The first kappa shape index (κ1) is 15.7. The molecule has 0 unspecified atom stereocenters. The molecule has 0 radical (unpaired) electrons. The summed E-state index contributed by atoms with van der Waals surface area (Å²) in [6.07, 6.45) is 1.62. The Balaban J connectivity index is 2.29. The minimum Gasteiger partial charge on any atom is -0.326 e. The van der Waals surface area contributed by atoms with E-state index in [1.165, 1.54) is 0 Å². The zero-order valence-corrected chi connectivity index (χ0v) is 13.2. The van der Waals surface area contributed by atoms with E-state index in [9.17, 15) is 8.42 Å². The maximum absolute atomic E-state index is 12.5. The lowest BCUT2D eigenvalue weighted by molar-refractivity contribution is 0.580. The fraction of sp³-hybridized carbons (Fsp3) is 0.357. The molecule has 0 saturated heterocycles. The van der Waals surface area contributed by atoms with E-state index >= 15 is 0 Å². The number of hydrogen-bond donors (Lipinski definition) is 3. The molecule has 1 heterocycles. The third-order valence-electron chi connectivity index (χ3n) is 3.53. The second kappa shape index (κ2) is 5.97. The summed E-state index contributed by atoms with van der Waals surface area (Å²) < 4.78 is 27.5. The van der Waals surface area contributed by atoms with Crippen molar-refractivity contribution in [3.63, 3.8) is 0 Å². The van der Waals surface area contributed by atoms with Crippen molar-refractivity contribution in [2.45, 2.75) is 38.8 Å². The SMILES string of the molecule is Cc1cc(C)c(S(=O)(=O)NCc2cn[nH]c2C)cc1CN. The highest BCUT2D eigenvalue weighted by Gasteiger charge is 2.18. The van der Waals surface area contributed by atoms with Crippen LogP contribution in [0.2, 0.25) is 0 Å². The molecule has 0 atom stereocenters. The summed E-state index contributed by atoms with van der Waals surface area (Å²) >= 11 is 0. The summed E-state index contributed by atoms with van der Waals surface area (Å²) in [7, 11) is -3.58. The summed E-state index contributed by atoms with van der Waals surface area (Å²) in [6, 6.07) is 3.50. The van der Waals surface area contributed by atoms with Gasteiger partial charge in [-0.15, -0.1) is 0 Å². The van der Waals surface area contributed by atoms with E-state index in [0.29, 0.717) is 12.1 Å². The highest BCUT2D eigenvalue weighted by Crippen LogP contribution is 2.20. The zero-order chi connectivity index (χ0) is 15.6. The predicted octanol–water partition coefficient (Wildman–Crippen LogP) is 1.27. The first-order valence-electron chi connectivity index (χ1n) is 6.64. The third kappa shape index (κ3) is 3.31. The Kier molecular flexibility index (Phi) is 4.46. The standard InChI is InChI=1S/C14H20N4O2S/c1-9-4-10(2)14(5-12(9)6-15)21(19,20)17-8-13-7-16-18-11(13)3/h4-5,7,17H,6,8,15H2,1-3H3,(H,16,18). The number of benzene rings is 1. The van der Waals surface area contributed by atoms with E-state index in [0.717, 1.165) is 22.4 Å². The number of H-pyrrole nitrogens is 1. The number of aromatic nitrogens is 2. The molecule has 0 aliphatic heterocycles. The first-order valence-corrected chi connectivity index (χ1v) is 8.12. The van der Waals surface area contributed by atoms with Gasteiger partial charge in [0, 0.05) is 24.3 Å². The van der Waals surface area contributed by atoms with Crippen molar-refractivity contribution in [3.8, 4) is 0 Å². The molecule has 4 N–H and O–H groups in total. The molecule has 2 aromatic rings. The lowest BCUT2D eigenvalue weighted by Crippen LogP contribution is -2.24. The Hall–Kier alpha value is -1.70. The van der Waals surface area contributed by atoms with Crippen LogP contribution in [0.3, 0.4) is 0 Å². The quantitative estimate of drug-likeness (QED) is 0.774. The molecule has 0 aliphatic carbocycles. The van der Waals surface area contributed by atoms with Crippen molar-refractivity contribution in [1.29, 1.82) is 0 Å². The van der Waals surface area contributed by atoms with Crippen LogP contribution in [0.15, 0.2) is 23.2 Å². The number of nitrogens with two attached hydrogens (primary N) is 1. The lowest BCUT2D eigenvalue weighted by atomic mass is 10.1. The van der Waals surface area contributed by atoms with Gasteiger partial charge in [-0.05, 0) is 43.5 Å². The molecule has 114 valence electrons. The maximum Gasteiger partial charge on any atom is 0.241 e. The fourth-order valence-electron chi connectivity index (χ4n) is 2.19. The Labute approximate surface area is 124 Å². The lowest BCUT2D eigenvalue weighted by Gasteiger charge is -2.12. The predicted molar refractivity (Wildman–Crippen MR) is 81.2 cm³/mol. The van der Waals surface area contributed by atoms with E-state index in [-0.39, 0.29) is 11.4 Å². The van der Waals surface area contributed by atoms with E-state index < -0.39 is 10.0 Å². The van der Waals surface area contributed by atoms with Gasteiger partial charge in [0.15, 0.2) is 0 Å². The van der Waals surface area contributed by atoms with Gasteiger partial charge in [-0.3, -0.25) is 5.10 Å². The molecule has 0 aliphatic rings. The van der Waals surface area contributed by atoms with Crippen molar-refractivity contribution in [3.05, 3.63) is 46.3 Å². The average molecular weight is 308 g/mol. The van der Waals surface area contributed by atoms with Crippen LogP contribution in [0.1, 0.15) is 27.9 Å². The van der Waals surface area contributed by atoms with Crippen molar-refractivity contribution < 1.29 is 8.42 Å². The molecule has 7 heteroatoms. The zero-order valence-electron chi connectivity index (χ0n) is 12.4. The van der Waals surface area contributed by atoms with Crippen LogP contribution in [0.5, 0.6) is 0 Å². The second-order valence-corrected chi connectivity index (χ2v) is 6.83. The molecular weight excluding hydrogens is 288 g/mol. The van der Waals surface area contributed by atoms with Crippen molar-refractivity contribution in [1.82, 2.24) is 14.9 Å². The van der Waals surface area contributed by atoms with E-state index in [2.05, 4.69) is 14.9 Å². The van der Waals surface area contributed by atoms with Crippen LogP contribution >= 0.6 is 0 Å². The highest BCUT2D eigenvalue weighted by atomic mass is 32.2. The number of aryl methyl sites for hydroxylation is 3. The van der Waals surface area contributed by atoms with Crippen LogP contribution in [0.4, 0.5) is 0 Å². The Morgan fingerprint density at radius 1 is 1.19 bits per heavy atom. The van der Waals surface area contributed by atoms with Crippen LogP contribution in [-0.2, 0) is 23.1 Å². The molecular formula is C14H20N4O2S. The molecule has 0 spiro atoms. The van der Waals surface area contributed by atoms with Gasteiger partial charge in [0.25, 0.3) is 0 Å². The smallest absolute Gasteiger partial charge is 0.241 e. The number of nitrogens with zero attached hydrogens (tertiary/aromatic N) is 1. The molecule has 0 bridgehead atoms. The van der Waals surface area contributed by atoms with Gasteiger partial charge >= 0.3 is 0 Å². The molecule has 0 saturated carbocycles. The normalized spacial score (nSPS) is 11.8. The van der Waals surface area contributed by atoms with Crippen LogP contribution < -0.4 is 10.5 Å². The molecule has 0 fully saturated rings. The summed E-state index contributed by atoms with van der Waals surface area (Å²) in [5.41, 5.74) is 9.87. The van der Waals surface area contributed by atoms with Gasteiger partial charge < -0.3 is 5.73 Å². The van der Waals surface area contributed by atoms with Gasteiger partial charge in [-0.2, -0.15) is 5.10 Å².